The first-order valence-electron chi connectivity index (χ1n) is 11.1. The monoisotopic (exact) mass is 528 g/mol. The van der Waals surface area contributed by atoms with E-state index in [2.05, 4.69) is 10.1 Å². The van der Waals surface area contributed by atoms with E-state index in [1.54, 1.807) is 24.3 Å². The maximum Gasteiger partial charge on any atom is 0.573 e. The molecular formula is C26H23F7N2O2. The van der Waals surface area contributed by atoms with Gasteiger partial charge in [0.1, 0.15) is 6.04 Å². The normalized spacial score (nSPS) is 13.7. The molecule has 0 bridgehead atoms. The van der Waals surface area contributed by atoms with Crippen molar-refractivity contribution in [1.29, 1.82) is 0 Å². The summed E-state index contributed by atoms with van der Waals surface area (Å²) in [6.45, 7) is 1.84. The van der Waals surface area contributed by atoms with Crippen LogP contribution in [0.15, 0.2) is 66.7 Å². The maximum absolute atomic E-state index is 14.0. The number of amides is 1. The van der Waals surface area contributed by atoms with Gasteiger partial charge in [-0.15, -0.1) is 13.2 Å². The Morgan fingerprint density at radius 1 is 0.919 bits per heavy atom. The quantitative estimate of drug-likeness (QED) is 0.310. The molecule has 0 aliphatic rings. The Labute approximate surface area is 208 Å². The summed E-state index contributed by atoms with van der Waals surface area (Å²) in [5.74, 6) is -3.07. The Hall–Kier alpha value is -3.60. The molecule has 37 heavy (non-hydrogen) atoms. The molecule has 0 saturated carbocycles. The van der Waals surface area contributed by atoms with Gasteiger partial charge in [-0.1, -0.05) is 48.0 Å². The van der Waals surface area contributed by atoms with Crippen molar-refractivity contribution in [3.63, 3.8) is 0 Å². The van der Waals surface area contributed by atoms with Gasteiger partial charge in [0.15, 0.2) is 11.6 Å². The zero-order valence-corrected chi connectivity index (χ0v) is 19.5. The zero-order valence-electron chi connectivity index (χ0n) is 19.5. The molecule has 0 aliphatic carbocycles. The Morgan fingerprint density at radius 3 is 2.05 bits per heavy atom. The van der Waals surface area contributed by atoms with Gasteiger partial charge < -0.3 is 10.5 Å². The molecule has 2 atom stereocenters. The molecule has 0 spiro atoms. The van der Waals surface area contributed by atoms with Gasteiger partial charge in [0.25, 0.3) is 0 Å². The van der Waals surface area contributed by atoms with E-state index in [0.29, 0.717) is 11.1 Å². The van der Waals surface area contributed by atoms with Crippen molar-refractivity contribution in [2.45, 2.75) is 44.4 Å². The smallest absolute Gasteiger partial charge is 0.403 e. The Morgan fingerprint density at radius 2 is 1.51 bits per heavy atom. The van der Waals surface area contributed by atoms with Gasteiger partial charge in [-0.25, -0.2) is 4.39 Å². The van der Waals surface area contributed by atoms with Gasteiger partial charge in [0.05, 0.1) is 5.56 Å². The fourth-order valence-corrected chi connectivity index (χ4v) is 3.76. The molecule has 0 aliphatic heterocycles. The van der Waals surface area contributed by atoms with Crippen molar-refractivity contribution in [2.24, 2.45) is 5.73 Å². The maximum atomic E-state index is 14.0. The third-order valence-electron chi connectivity index (χ3n) is 5.65. The standard InChI is InChI=1S/C26H23F7N2O2/c1-15-2-7-17(8-3-15)23(24(34)36)35-21(13-6-16-4-10-19(11-5-16)25(28,29)30)18-9-12-20(27)22(14-18)37-26(31,32)33/h2-5,7-12,14,21,23,35H,6,13H2,1H3,(H2,34,36)/t21-,23-/m1/s1. The number of aryl methyl sites for hydroxylation is 2. The van der Waals surface area contributed by atoms with Gasteiger partial charge in [-0.2, -0.15) is 13.2 Å². The SMILES string of the molecule is Cc1ccc([C@@H](N[C@H](CCc2ccc(C(F)(F)F)cc2)c2ccc(F)c(OC(F)(F)F)c2)C(N)=O)cc1. The molecule has 1 amide bonds. The highest BCUT2D eigenvalue weighted by molar-refractivity contribution is 5.81. The van der Waals surface area contributed by atoms with E-state index in [-0.39, 0.29) is 18.4 Å². The van der Waals surface area contributed by atoms with Crippen LogP contribution < -0.4 is 15.8 Å². The molecule has 0 unspecified atom stereocenters. The Bertz CT molecular complexity index is 1210. The van der Waals surface area contributed by atoms with Gasteiger partial charge in [-0.05, 0) is 60.7 Å². The molecule has 0 saturated heterocycles. The van der Waals surface area contributed by atoms with Crippen LogP contribution in [0.2, 0.25) is 0 Å². The number of alkyl halides is 6. The van der Waals surface area contributed by atoms with E-state index in [0.717, 1.165) is 29.8 Å². The molecule has 3 aromatic carbocycles. The van der Waals surface area contributed by atoms with Crippen LogP contribution in [-0.4, -0.2) is 12.3 Å². The zero-order chi connectivity index (χ0) is 27.4. The number of nitrogens with one attached hydrogen (secondary N) is 1. The first-order chi connectivity index (χ1) is 17.2. The van der Waals surface area contributed by atoms with E-state index in [1.165, 1.54) is 18.2 Å². The predicted octanol–water partition coefficient (Wildman–Crippen LogP) is 6.54. The van der Waals surface area contributed by atoms with Gasteiger partial charge in [-0.3, -0.25) is 10.1 Å². The number of primary amides is 1. The van der Waals surface area contributed by atoms with Crippen molar-refractivity contribution in [3.05, 3.63) is 100 Å². The van der Waals surface area contributed by atoms with Gasteiger partial charge >= 0.3 is 12.5 Å². The van der Waals surface area contributed by atoms with Crippen LogP contribution in [0.1, 0.15) is 46.3 Å². The molecule has 198 valence electrons. The summed E-state index contributed by atoms with van der Waals surface area (Å²) in [5, 5.41) is 3.01. The molecule has 3 rings (SSSR count). The molecule has 0 fully saturated rings. The highest BCUT2D eigenvalue weighted by atomic mass is 19.4. The van der Waals surface area contributed by atoms with Crippen LogP contribution in [0.4, 0.5) is 30.7 Å². The first-order valence-corrected chi connectivity index (χ1v) is 11.1. The number of carbonyl (C=O) groups excluding carboxylic acids is 1. The second kappa shape index (κ2) is 11.2. The second-order valence-electron chi connectivity index (χ2n) is 8.44. The molecule has 0 heterocycles. The lowest BCUT2D eigenvalue weighted by Gasteiger charge is -2.26. The second-order valence-corrected chi connectivity index (χ2v) is 8.44. The van der Waals surface area contributed by atoms with Crippen LogP contribution >= 0.6 is 0 Å². The lowest BCUT2D eigenvalue weighted by atomic mass is 9.95. The fourth-order valence-electron chi connectivity index (χ4n) is 3.76. The lowest BCUT2D eigenvalue weighted by Crippen LogP contribution is -2.36. The predicted molar refractivity (Wildman–Crippen MR) is 122 cm³/mol. The highest BCUT2D eigenvalue weighted by Crippen LogP contribution is 2.32. The third-order valence-corrected chi connectivity index (χ3v) is 5.65. The van der Waals surface area contributed by atoms with Crippen LogP contribution in [0.3, 0.4) is 0 Å². The average Bonchev–Trinajstić information content (AvgIpc) is 2.80. The molecule has 0 aromatic heterocycles. The van der Waals surface area contributed by atoms with Crippen LogP contribution in [0.25, 0.3) is 0 Å². The van der Waals surface area contributed by atoms with E-state index in [9.17, 15) is 35.5 Å². The van der Waals surface area contributed by atoms with Crippen LogP contribution in [0.5, 0.6) is 5.75 Å². The summed E-state index contributed by atoms with van der Waals surface area (Å²) in [6, 6.07) is 12.2. The van der Waals surface area contributed by atoms with Crippen molar-refractivity contribution >= 4 is 5.91 Å². The molecule has 11 heteroatoms. The number of ether oxygens (including phenoxy) is 1. The topological polar surface area (TPSA) is 64.3 Å². The summed E-state index contributed by atoms with van der Waals surface area (Å²) in [6.07, 6.45) is -9.34. The number of carbonyl (C=O) groups is 1. The summed E-state index contributed by atoms with van der Waals surface area (Å²) in [7, 11) is 0. The Kier molecular flexibility index (Phi) is 8.47. The molecule has 0 radical (unpaired) electrons. The minimum absolute atomic E-state index is 0.123. The van der Waals surface area contributed by atoms with Crippen molar-refractivity contribution in [3.8, 4) is 5.75 Å². The summed E-state index contributed by atoms with van der Waals surface area (Å²) in [5.41, 5.74) is 6.85. The molecule has 4 nitrogen and oxygen atoms in total. The summed E-state index contributed by atoms with van der Waals surface area (Å²) in [4.78, 5) is 12.3. The van der Waals surface area contributed by atoms with Crippen molar-refractivity contribution in [2.75, 3.05) is 0 Å². The van der Waals surface area contributed by atoms with Crippen LogP contribution in [-0.2, 0) is 17.4 Å². The minimum atomic E-state index is -5.14. The third kappa shape index (κ3) is 7.94. The number of benzene rings is 3. The summed E-state index contributed by atoms with van der Waals surface area (Å²) >= 11 is 0. The molecular weight excluding hydrogens is 505 g/mol. The Balaban J connectivity index is 1.93. The van der Waals surface area contributed by atoms with E-state index >= 15 is 0 Å². The number of rotatable bonds is 9. The van der Waals surface area contributed by atoms with Crippen LogP contribution in [0, 0.1) is 12.7 Å². The van der Waals surface area contributed by atoms with Gasteiger partial charge in [0, 0.05) is 6.04 Å². The minimum Gasteiger partial charge on any atom is -0.403 e. The molecule has 3 aromatic rings. The van der Waals surface area contributed by atoms with Crippen molar-refractivity contribution < 1.29 is 40.3 Å². The summed E-state index contributed by atoms with van der Waals surface area (Å²) < 4.78 is 94.7. The average molecular weight is 528 g/mol. The van der Waals surface area contributed by atoms with E-state index in [4.69, 9.17) is 5.73 Å². The number of nitrogens with two attached hydrogens (primary N) is 1. The van der Waals surface area contributed by atoms with E-state index < -0.39 is 47.7 Å². The first kappa shape index (κ1) is 28.0. The highest BCUT2D eigenvalue weighted by Gasteiger charge is 2.33. The molecule has 3 N–H and O–H groups in total. The number of halogens is 7. The van der Waals surface area contributed by atoms with E-state index in [1.807, 2.05) is 6.92 Å². The van der Waals surface area contributed by atoms with Crippen molar-refractivity contribution in [1.82, 2.24) is 5.32 Å². The lowest BCUT2D eigenvalue weighted by molar-refractivity contribution is -0.275. The largest absolute Gasteiger partial charge is 0.573 e. The number of hydrogen-bond donors (Lipinski definition) is 2. The number of hydrogen-bond acceptors (Lipinski definition) is 3. The fraction of sp³-hybridized carbons (Fsp3) is 0.269. The van der Waals surface area contributed by atoms with Gasteiger partial charge in [0.2, 0.25) is 5.91 Å².